The number of H-pyrrole nitrogens is 1. The van der Waals surface area contributed by atoms with Gasteiger partial charge in [0.1, 0.15) is 12.3 Å². The van der Waals surface area contributed by atoms with Gasteiger partial charge in [0.25, 0.3) is 5.56 Å². The summed E-state index contributed by atoms with van der Waals surface area (Å²) < 4.78 is 8.88. The van der Waals surface area contributed by atoms with Crippen LogP contribution in [0.5, 0.6) is 0 Å². The molecule has 1 saturated heterocycles. The fourth-order valence-corrected chi connectivity index (χ4v) is 3.49. The van der Waals surface area contributed by atoms with Crippen LogP contribution in [0.1, 0.15) is 62.9 Å². The Hall–Kier alpha value is -2.26. The second-order valence-corrected chi connectivity index (χ2v) is 7.51. The Morgan fingerprint density at radius 3 is 2.82 bits per heavy atom. The van der Waals surface area contributed by atoms with Crippen molar-refractivity contribution in [2.75, 3.05) is 0 Å². The molecule has 0 aromatic carbocycles. The summed E-state index contributed by atoms with van der Waals surface area (Å²) >= 11 is 0. The maximum Gasteiger partial charge on any atom is 0.330 e. The first-order chi connectivity index (χ1) is 13.5. The molecule has 1 aliphatic rings. The van der Waals surface area contributed by atoms with Crippen molar-refractivity contribution in [3.8, 4) is 0 Å². The van der Waals surface area contributed by atoms with Gasteiger partial charge in [-0.2, -0.15) is 0 Å². The van der Waals surface area contributed by atoms with Crippen molar-refractivity contribution in [3.05, 3.63) is 44.5 Å². The van der Waals surface area contributed by atoms with E-state index in [0.717, 1.165) is 18.5 Å². The fraction of sp³-hybridized carbons (Fsp3) is 0.684. The molecule has 1 fully saturated rings. The molecule has 3 rings (SSSR count). The Balaban J connectivity index is 1.57. The Labute approximate surface area is 163 Å². The van der Waals surface area contributed by atoms with Crippen LogP contribution < -0.4 is 11.2 Å². The van der Waals surface area contributed by atoms with Gasteiger partial charge in [0.05, 0.1) is 18.3 Å². The van der Waals surface area contributed by atoms with E-state index in [-0.39, 0.29) is 6.42 Å². The number of hydrogen-bond acceptors (Lipinski definition) is 6. The van der Waals surface area contributed by atoms with Gasteiger partial charge in [-0.15, -0.1) is 5.10 Å². The van der Waals surface area contributed by atoms with Gasteiger partial charge in [0.15, 0.2) is 0 Å². The van der Waals surface area contributed by atoms with Crippen molar-refractivity contribution in [3.63, 3.8) is 0 Å². The van der Waals surface area contributed by atoms with E-state index in [4.69, 9.17) is 4.74 Å². The molecule has 1 aliphatic heterocycles. The molecule has 2 aromatic heterocycles. The van der Waals surface area contributed by atoms with Gasteiger partial charge in [0, 0.05) is 24.4 Å². The van der Waals surface area contributed by atoms with Crippen LogP contribution in [0.2, 0.25) is 0 Å². The number of aryl methyl sites for hydroxylation is 2. The molecule has 3 heterocycles. The normalized spacial score (nSPS) is 22.0. The van der Waals surface area contributed by atoms with Gasteiger partial charge >= 0.3 is 5.69 Å². The Morgan fingerprint density at radius 2 is 2.04 bits per heavy atom. The number of ether oxygens (including phenoxy) is 1. The van der Waals surface area contributed by atoms with Crippen molar-refractivity contribution in [1.29, 1.82) is 0 Å². The first-order valence-corrected chi connectivity index (χ1v) is 10.0. The van der Waals surface area contributed by atoms with E-state index in [0.29, 0.717) is 12.1 Å². The van der Waals surface area contributed by atoms with E-state index in [1.54, 1.807) is 11.6 Å². The third-order valence-corrected chi connectivity index (χ3v) is 5.15. The molecule has 28 heavy (non-hydrogen) atoms. The lowest BCUT2D eigenvalue weighted by atomic mass is 10.1. The van der Waals surface area contributed by atoms with Gasteiger partial charge < -0.3 is 9.84 Å². The van der Waals surface area contributed by atoms with Gasteiger partial charge in [-0.1, -0.05) is 37.8 Å². The van der Waals surface area contributed by atoms with E-state index in [1.165, 1.54) is 36.4 Å². The highest BCUT2D eigenvalue weighted by molar-refractivity contribution is 5.02. The third-order valence-electron chi connectivity index (χ3n) is 5.15. The van der Waals surface area contributed by atoms with Crippen molar-refractivity contribution < 1.29 is 9.84 Å². The molecule has 2 aromatic rings. The lowest BCUT2D eigenvalue weighted by Gasteiger charge is -2.16. The first-order valence-electron chi connectivity index (χ1n) is 10.0. The summed E-state index contributed by atoms with van der Waals surface area (Å²) in [5, 5.41) is 18.7. The highest BCUT2D eigenvalue weighted by Crippen LogP contribution is 2.28. The van der Waals surface area contributed by atoms with Crippen LogP contribution in [-0.2, 0) is 17.7 Å². The van der Waals surface area contributed by atoms with Crippen LogP contribution in [0.4, 0.5) is 0 Å². The van der Waals surface area contributed by atoms with Gasteiger partial charge in [0.2, 0.25) is 0 Å². The summed E-state index contributed by atoms with van der Waals surface area (Å²) in [5.41, 5.74) is 0.398. The van der Waals surface area contributed by atoms with Crippen molar-refractivity contribution in [2.24, 2.45) is 0 Å². The third kappa shape index (κ3) is 4.96. The van der Waals surface area contributed by atoms with E-state index >= 15 is 0 Å². The SMILES string of the molecule is CCCCCCCc1cn(C[C@H]2O[C@@H](n3cc(C)c(=O)[nH]c3=O)C[C@H]2O)nn1. The molecule has 0 unspecified atom stereocenters. The Bertz CT molecular complexity index is 887. The van der Waals surface area contributed by atoms with Gasteiger partial charge in [-0.25, -0.2) is 9.48 Å². The first kappa shape index (κ1) is 20.5. The average molecular weight is 391 g/mol. The molecule has 0 aliphatic carbocycles. The molecule has 9 nitrogen and oxygen atoms in total. The summed E-state index contributed by atoms with van der Waals surface area (Å²) in [7, 11) is 0. The number of aromatic nitrogens is 5. The van der Waals surface area contributed by atoms with E-state index < -0.39 is 29.7 Å². The van der Waals surface area contributed by atoms with Crippen molar-refractivity contribution in [2.45, 2.75) is 83.8 Å². The molecule has 9 heteroatoms. The zero-order valence-electron chi connectivity index (χ0n) is 16.5. The zero-order chi connectivity index (χ0) is 20.1. The van der Waals surface area contributed by atoms with Crippen LogP contribution in [0.3, 0.4) is 0 Å². The summed E-state index contributed by atoms with van der Waals surface area (Å²) in [6, 6.07) is 0. The molecular formula is C19H29N5O4. The number of aromatic amines is 1. The molecule has 0 saturated carbocycles. The van der Waals surface area contributed by atoms with Crippen LogP contribution in [-0.4, -0.2) is 41.9 Å². The quantitative estimate of drug-likeness (QED) is 0.623. The lowest BCUT2D eigenvalue weighted by molar-refractivity contribution is -0.0302. The maximum absolute atomic E-state index is 12.0. The van der Waals surface area contributed by atoms with E-state index in [9.17, 15) is 14.7 Å². The van der Waals surface area contributed by atoms with Crippen molar-refractivity contribution >= 4 is 0 Å². The smallest absolute Gasteiger partial charge is 0.330 e. The highest BCUT2D eigenvalue weighted by atomic mass is 16.5. The monoisotopic (exact) mass is 391 g/mol. The molecule has 0 spiro atoms. The molecule has 0 radical (unpaired) electrons. The van der Waals surface area contributed by atoms with E-state index in [1.807, 2.05) is 6.20 Å². The Morgan fingerprint density at radius 1 is 1.25 bits per heavy atom. The van der Waals surface area contributed by atoms with E-state index in [2.05, 4.69) is 22.2 Å². The molecular weight excluding hydrogens is 362 g/mol. The molecule has 2 N–H and O–H groups in total. The van der Waals surface area contributed by atoms with Crippen molar-refractivity contribution in [1.82, 2.24) is 24.5 Å². The summed E-state index contributed by atoms with van der Waals surface area (Å²) in [6.45, 7) is 4.18. The second kappa shape index (κ2) is 9.29. The number of rotatable bonds is 9. The molecule has 0 bridgehead atoms. The number of unbranched alkanes of at least 4 members (excludes halogenated alkanes) is 4. The minimum atomic E-state index is -0.731. The number of aliphatic hydroxyl groups excluding tert-OH is 1. The topological polar surface area (TPSA) is 115 Å². The molecule has 3 atom stereocenters. The Kier molecular flexibility index (Phi) is 6.79. The fourth-order valence-electron chi connectivity index (χ4n) is 3.49. The van der Waals surface area contributed by atoms with Crippen LogP contribution in [0.25, 0.3) is 0 Å². The minimum absolute atomic E-state index is 0.273. The summed E-state index contributed by atoms with van der Waals surface area (Å²) in [6.07, 6.45) is 8.71. The summed E-state index contributed by atoms with van der Waals surface area (Å²) in [4.78, 5) is 25.8. The van der Waals surface area contributed by atoms with Crippen LogP contribution in [0, 0.1) is 6.92 Å². The van der Waals surface area contributed by atoms with Gasteiger partial charge in [-0.3, -0.25) is 14.3 Å². The number of aliphatic hydroxyl groups is 1. The summed E-state index contributed by atoms with van der Waals surface area (Å²) in [5.74, 6) is 0. The number of nitrogens with one attached hydrogen (secondary N) is 1. The second-order valence-electron chi connectivity index (χ2n) is 7.51. The number of nitrogens with zero attached hydrogens (tertiary/aromatic N) is 4. The lowest BCUT2D eigenvalue weighted by Crippen LogP contribution is -2.33. The van der Waals surface area contributed by atoms with Crippen LogP contribution >= 0.6 is 0 Å². The molecule has 154 valence electrons. The number of hydrogen-bond donors (Lipinski definition) is 2. The van der Waals surface area contributed by atoms with Crippen LogP contribution in [0.15, 0.2) is 22.0 Å². The standard InChI is InChI=1S/C19H29N5O4/c1-3-4-5-6-7-8-14-11-23(22-21-14)12-16-15(25)9-17(28-16)24-10-13(2)18(26)20-19(24)27/h10-11,15-17,25H,3-9,12H2,1-2H3,(H,20,26,27)/t15-,16-,17-/m1/s1. The predicted octanol–water partition coefficient (Wildman–Crippen LogP) is 1.30. The maximum atomic E-state index is 12.0. The minimum Gasteiger partial charge on any atom is -0.390 e. The largest absolute Gasteiger partial charge is 0.390 e. The van der Waals surface area contributed by atoms with Gasteiger partial charge in [-0.05, 0) is 19.8 Å². The molecule has 0 amide bonds. The predicted molar refractivity (Wildman–Crippen MR) is 103 cm³/mol. The average Bonchev–Trinajstić information content (AvgIpc) is 3.25. The highest BCUT2D eigenvalue weighted by Gasteiger charge is 2.36. The zero-order valence-corrected chi connectivity index (χ0v) is 16.5.